The van der Waals surface area contributed by atoms with Gasteiger partial charge in [0.25, 0.3) is 5.91 Å². The van der Waals surface area contributed by atoms with Gasteiger partial charge in [-0.1, -0.05) is 36.4 Å². The highest BCUT2D eigenvalue weighted by molar-refractivity contribution is 6.00. The van der Waals surface area contributed by atoms with Crippen LogP contribution < -0.4 is 5.32 Å². The van der Waals surface area contributed by atoms with E-state index in [0.717, 1.165) is 48.1 Å². The molecule has 0 aliphatic carbocycles. The van der Waals surface area contributed by atoms with Crippen LogP contribution >= 0.6 is 0 Å². The minimum Gasteiger partial charge on any atom is -0.361 e. The molecule has 0 radical (unpaired) electrons. The molecule has 2 aromatic heterocycles. The number of rotatable bonds is 7. The molecular weight excluding hydrogens is 450 g/mol. The number of nitrogens with one attached hydrogen (secondary N) is 2. The van der Waals surface area contributed by atoms with E-state index in [1.807, 2.05) is 91.1 Å². The first kappa shape index (κ1) is 23.8. The van der Waals surface area contributed by atoms with Gasteiger partial charge in [-0.15, -0.1) is 0 Å². The van der Waals surface area contributed by atoms with Gasteiger partial charge in [0.2, 0.25) is 5.91 Å². The number of carbonyl (C=O) groups excluding carboxylic acids is 2. The summed E-state index contributed by atoms with van der Waals surface area (Å²) in [6.45, 7) is 5.89. The molecule has 0 bridgehead atoms. The Morgan fingerprint density at radius 1 is 1.00 bits per heavy atom. The zero-order chi connectivity index (χ0) is 24.9. The fourth-order valence-electron chi connectivity index (χ4n) is 4.77. The molecule has 1 atom stereocenters. The SMILES string of the molecule is Cc1c[nH]c2cc(C(=O)N[C@@H](C(=O)N3CCN(CCc4ccncc4)CC3)c3ccccc3)ccc12. The van der Waals surface area contributed by atoms with Gasteiger partial charge in [0.15, 0.2) is 0 Å². The monoisotopic (exact) mass is 481 g/mol. The molecule has 5 rings (SSSR count). The van der Waals surface area contributed by atoms with E-state index in [-0.39, 0.29) is 11.8 Å². The number of nitrogens with zero attached hydrogens (tertiary/aromatic N) is 3. The molecule has 4 aromatic rings. The Balaban J connectivity index is 1.26. The number of aromatic amines is 1. The topological polar surface area (TPSA) is 81.3 Å². The van der Waals surface area contributed by atoms with E-state index < -0.39 is 6.04 Å². The maximum Gasteiger partial charge on any atom is 0.252 e. The van der Waals surface area contributed by atoms with E-state index in [2.05, 4.69) is 20.2 Å². The Morgan fingerprint density at radius 3 is 2.50 bits per heavy atom. The fraction of sp³-hybridized carbons (Fsp3) is 0.276. The van der Waals surface area contributed by atoms with Gasteiger partial charge in [0, 0.05) is 67.8 Å². The first-order valence-corrected chi connectivity index (χ1v) is 12.4. The lowest BCUT2D eigenvalue weighted by Crippen LogP contribution is -2.52. The van der Waals surface area contributed by atoms with Crippen molar-refractivity contribution in [2.75, 3.05) is 32.7 Å². The zero-order valence-corrected chi connectivity index (χ0v) is 20.5. The molecule has 1 aliphatic heterocycles. The third-order valence-corrected chi connectivity index (χ3v) is 6.96. The molecule has 1 fully saturated rings. The lowest BCUT2D eigenvalue weighted by atomic mass is 10.0. The third kappa shape index (κ3) is 5.31. The number of benzene rings is 2. The van der Waals surface area contributed by atoms with Crippen LogP contribution in [0.25, 0.3) is 10.9 Å². The number of aryl methyl sites for hydroxylation is 1. The number of fused-ring (bicyclic) bond motifs is 1. The molecule has 36 heavy (non-hydrogen) atoms. The summed E-state index contributed by atoms with van der Waals surface area (Å²) in [7, 11) is 0. The Labute approximate surface area is 211 Å². The fourth-order valence-corrected chi connectivity index (χ4v) is 4.77. The van der Waals surface area contributed by atoms with E-state index in [1.165, 1.54) is 5.56 Å². The second-order valence-electron chi connectivity index (χ2n) is 9.32. The molecule has 0 saturated carbocycles. The Morgan fingerprint density at radius 2 is 1.75 bits per heavy atom. The second-order valence-corrected chi connectivity index (χ2v) is 9.32. The predicted molar refractivity (Wildman–Crippen MR) is 141 cm³/mol. The van der Waals surface area contributed by atoms with Crippen LogP contribution in [0.2, 0.25) is 0 Å². The highest BCUT2D eigenvalue weighted by atomic mass is 16.2. The summed E-state index contributed by atoms with van der Waals surface area (Å²) < 4.78 is 0. The number of H-pyrrole nitrogens is 1. The largest absolute Gasteiger partial charge is 0.361 e. The molecule has 2 N–H and O–H groups in total. The number of amides is 2. The number of hydrogen-bond donors (Lipinski definition) is 2. The molecular formula is C29H31N5O2. The maximum absolute atomic E-state index is 13.6. The Bertz CT molecular complexity index is 1330. The normalized spacial score (nSPS) is 15.1. The van der Waals surface area contributed by atoms with Crippen LogP contribution in [0, 0.1) is 6.92 Å². The van der Waals surface area contributed by atoms with Crippen molar-refractivity contribution in [1.82, 2.24) is 25.1 Å². The summed E-state index contributed by atoms with van der Waals surface area (Å²) in [5, 5.41) is 4.10. The summed E-state index contributed by atoms with van der Waals surface area (Å²) >= 11 is 0. The van der Waals surface area contributed by atoms with Crippen LogP contribution in [0.4, 0.5) is 0 Å². The third-order valence-electron chi connectivity index (χ3n) is 6.96. The second kappa shape index (κ2) is 10.7. The number of carbonyl (C=O) groups is 2. The standard InChI is InChI=1S/C29H31N5O2/c1-21-20-31-26-19-24(7-8-25(21)26)28(35)32-27(23-5-3-2-4-6-23)29(36)34-17-15-33(16-18-34)14-11-22-9-12-30-13-10-22/h2-10,12-13,19-20,27,31H,11,14-18H2,1H3,(H,32,35)/t27-/m1/s1. The molecule has 2 amide bonds. The van der Waals surface area contributed by atoms with Gasteiger partial charge in [-0.3, -0.25) is 19.5 Å². The predicted octanol–water partition coefficient (Wildman–Crippen LogP) is 3.73. The van der Waals surface area contributed by atoms with Gasteiger partial charge in [-0.25, -0.2) is 0 Å². The van der Waals surface area contributed by atoms with E-state index >= 15 is 0 Å². The van der Waals surface area contributed by atoms with Crippen LogP contribution in [-0.4, -0.2) is 64.3 Å². The maximum atomic E-state index is 13.6. The highest BCUT2D eigenvalue weighted by Crippen LogP contribution is 2.21. The molecule has 3 heterocycles. The van der Waals surface area contributed by atoms with Gasteiger partial charge in [-0.2, -0.15) is 0 Å². The summed E-state index contributed by atoms with van der Waals surface area (Å²) in [5.41, 5.74) is 4.62. The number of aromatic nitrogens is 2. The van der Waals surface area contributed by atoms with Crippen LogP contribution in [0.5, 0.6) is 0 Å². The molecule has 2 aromatic carbocycles. The number of pyridine rings is 1. The van der Waals surface area contributed by atoms with Crippen molar-refractivity contribution in [2.24, 2.45) is 0 Å². The number of piperazine rings is 1. The van der Waals surface area contributed by atoms with Gasteiger partial charge < -0.3 is 15.2 Å². The van der Waals surface area contributed by atoms with Gasteiger partial charge in [0.05, 0.1) is 0 Å². The molecule has 1 saturated heterocycles. The summed E-state index contributed by atoms with van der Waals surface area (Å²) in [4.78, 5) is 38.4. The Hall–Kier alpha value is -3.97. The van der Waals surface area contributed by atoms with Crippen molar-refractivity contribution < 1.29 is 9.59 Å². The number of hydrogen-bond acceptors (Lipinski definition) is 4. The smallest absolute Gasteiger partial charge is 0.252 e. The lowest BCUT2D eigenvalue weighted by molar-refractivity contribution is -0.135. The van der Waals surface area contributed by atoms with Crippen molar-refractivity contribution >= 4 is 22.7 Å². The Kier molecular flexibility index (Phi) is 7.09. The van der Waals surface area contributed by atoms with Crippen LogP contribution in [0.15, 0.2) is 79.3 Å². The van der Waals surface area contributed by atoms with Crippen molar-refractivity contribution in [1.29, 1.82) is 0 Å². The van der Waals surface area contributed by atoms with Crippen molar-refractivity contribution in [3.05, 3.63) is 102 Å². The van der Waals surface area contributed by atoms with Crippen LogP contribution in [0.3, 0.4) is 0 Å². The first-order chi connectivity index (χ1) is 17.6. The average molecular weight is 482 g/mol. The van der Waals surface area contributed by atoms with Gasteiger partial charge in [0.1, 0.15) is 6.04 Å². The van der Waals surface area contributed by atoms with Gasteiger partial charge in [-0.05, 0) is 54.3 Å². The molecule has 0 unspecified atom stereocenters. The minimum absolute atomic E-state index is 0.0693. The van der Waals surface area contributed by atoms with E-state index in [9.17, 15) is 9.59 Å². The van der Waals surface area contributed by atoms with E-state index in [1.54, 1.807) is 0 Å². The van der Waals surface area contributed by atoms with E-state index in [0.29, 0.717) is 18.7 Å². The quantitative estimate of drug-likeness (QED) is 0.422. The molecule has 0 spiro atoms. The lowest BCUT2D eigenvalue weighted by Gasteiger charge is -2.36. The summed E-state index contributed by atoms with van der Waals surface area (Å²) in [5.74, 6) is -0.331. The average Bonchev–Trinajstić information content (AvgIpc) is 3.31. The van der Waals surface area contributed by atoms with E-state index in [4.69, 9.17) is 0 Å². The minimum atomic E-state index is -0.733. The molecule has 1 aliphatic rings. The highest BCUT2D eigenvalue weighted by Gasteiger charge is 2.30. The molecule has 184 valence electrons. The van der Waals surface area contributed by atoms with Crippen LogP contribution in [0.1, 0.15) is 33.1 Å². The van der Waals surface area contributed by atoms with Gasteiger partial charge >= 0.3 is 0 Å². The zero-order valence-electron chi connectivity index (χ0n) is 20.5. The molecule has 7 nitrogen and oxygen atoms in total. The van der Waals surface area contributed by atoms with Crippen molar-refractivity contribution in [3.8, 4) is 0 Å². The summed E-state index contributed by atoms with van der Waals surface area (Å²) in [6, 6.07) is 18.4. The first-order valence-electron chi connectivity index (χ1n) is 12.4. The molecule has 7 heteroatoms. The summed E-state index contributed by atoms with van der Waals surface area (Å²) in [6.07, 6.45) is 6.53. The van der Waals surface area contributed by atoms with Crippen molar-refractivity contribution in [2.45, 2.75) is 19.4 Å². The van der Waals surface area contributed by atoms with Crippen molar-refractivity contribution in [3.63, 3.8) is 0 Å². The van der Waals surface area contributed by atoms with Crippen LogP contribution in [-0.2, 0) is 11.2 Å².